The Labute approximate surface area is 126 Å². The molecule has 0 aliphatic carbocycles. The van der Waals surface area contributed by atoms with Crippen LogP contribution in [-0.4, -0.2) is 11.4 Å². The molecule has 0 saturated heterocycles. The molecule has 108 valence electrons. The third kappa shape index (κ3) is 3.82. The summed E-state index contributed by atoms with van der Waals surface area (Å²) in [5.74, 6) is -0.0739. The van der Waals surface area contributed by atoms with Gasteiger partial charge in [-0.25, -0.2) is 0 Å². The summed E-state index contributed by atoms with van der Waals surface area (Å²) in [7, 11) is 0. The molecule has 2 rings (SSSR count). The highest BCUT2D eigenvalue weighted by atomic mass is 16.1. The van der Waals surface area contributed by atoms with Crippen LogP contribution in [-0.2, 0) is 0 Å². The zero-order valence-corrected chi connectivity index (χ0v) is 12.8. The van der Waals surface area contributed by atoms with Crippen molar-refractivity contribution in [1.82, 2.24) is 5.32 Å². The van der Waals surface area contributed by atoms with E-state index in [-0.39, 0.29) is 11.4 Å². The fraction of sp³-hybridized carbons (Fsp3) is 0.211. The van der Waals surface area contributed by atoms with E-state index in [9.17, 15) is 4.79 Å². The first-order chi connectivity index (χ1) is 9.88. The van der Waals surface area contributed by atoms with E-state index in [4.69, 9.17) is 0 Å². The second-order valence-electron chi connectivity index (χ2n) is 6.09. The smallest absolute Gasteiger partial charge is 0.252 e. The topological polar surface area (TPSA) is 29.1 Å². The van der Waals surface area contributed by atoms with Gasteiger partial charge in [-0.1, -0.05) is 55.1 Å². The number of rotatable bonds is 3. The average molecular weight is 279 g/mol. The van der Waals surface area contributed by atoms with Crippen LogP contribution in [0.25, 0.3) is 5.57 Å². The van der Waals surface area contributed by atoms with Gasteiger partial charge in [-0.15, -0.1) is 0 Å². The van der Waals surface area contributed by atoms with Crippen LogP contribution in [0.3, 0.4) is 0 Å². The van der Waals surface area contributed by atoms with Gasteiger partial charge in [0.2, 0.25) is 0 Å². The number of hydrogen-bond acceptors (Lipinski definition) is 1. The molecule has 1 amide bonds. The van der Waals surface area contributed by atoms with Gasteiger partial charge in [-0.05, 0) is 43.5 Å². The van der Waals surface area contributed by atoms with Crippen molar-refractivity contribution in [3.05, 3.63) is 77.9 Å². The Bertz CT molecular complexity index is 651. The summed E-state index contributed by atoms with van der Waals surface area (Å²) >= 11 is 0. The maximum Gasteiger partial charge on any atom is 0.252 e. The molecule has 0 aromatic heterocycles. The Morgan fingerprint density at radius 3 is 2.00 bits per heavy atom. The van der Waals surface area contributed by atoms with Crippen LogP contribution in [0.5, 0.6) is 0 Å². The molecule has 21 heavy (non-hydrogen) atoms. The van der Waals surface area contributed by atoms with E-state index in [1.807, 2.05) is 75.4 Å². The van der Waals surface area contributed by atoms with Gasteiger partial charge in [0.15, 0.2) is 0 Å². The normalized spacial score (nSPS) is 11.0. The minimum atomic E-state index is -0.266. The van der Waals surface area contributed by atoms with Crippen molar-refractivity contribution in [3.63, 3.8) is 0 Å². The maximum atomic E-state index is 12.5. The highest BCUT2D eigenvalue weighted by Gasteiger charge is 2.18. The summed E-state index contributed by atoms with van der Waals surface area (Å²) in [5, 5.41) is 3.00. The summed E-state index contributed by atoms with van der Waals surface area (Å²) in [6.07, 6.45) is 0. The molecule has 2 nitrogen and oxygen atoms in total. The number of benzene rings is 2. The van der Waals surface area contributed by atoms with E-state index in [0.29, 0.717) is 5.56 Å². The van der Waals surface area contributed by atoms with Crippen LogP contribution >= 0.6 is 0 Å². The zero-order valence-electron chi connectivity index (χ0n) is 12.8. The van der Waals surface area contributed by atoms with Crippen molar-refractivity contribution in [2.24, 2.45) is 0 Å². The van der Waals surface area contributed by atoms with Crippen LogP contribution < -0.4 is 5.32 Å². The molecule has 2 heteroatoms. The number of nitrogens with one attached hydrogen (secondary N) is 1. The van der Waals surface area contributed by atoms with Gasteiger partial charge in [-0.3, -0.25) is 4.79 Å². The Hall–Kier alpha value is -2.35. The average Bonchev–Trinajstić information content (AvgIpc) is 2.45. The number of carbonyl (C=O) groups excluding carboxylic acids is 1. The molecule has 0 atom stereocenters. The molecule has 0 radical (unpaired) electrons. The number of carbonyl (C=O) groups is 1. The third-order valence-electron chi connectivity index (χ3n) is 3.11. The van der Waals surface area contributed by atoms with Crippen molar-refractivity contribution >= 4 is 11.5 Å². The molecule has 0 aliphatic rings. The van der Waals surface area contributed by atoms with E-state index in [1.165, 1.54) is 0 Å². The third-order valence-corrected chi connectivity index (χ3v) is 3.11. The Morgan fingerprint density at radius 1 is 0.905 bits per heavy atom. The summed E-state index contributed by atoms with van der Waals surface area (Å²) in [6.45, 7) is 10.1. The first kappa shape index (κ1) is 15.0. The first-order valence-electron chi connectivity index (χ1n) is 7.05. The predicted octanol–water partition coefficient (Wildman–Crippen LogP) is 4.28. The van der Waals surface area contributed by atoms with E-state index in [1.54, 1.807) is 0 Å². The standard InChI is InChI=1S/C19H21NO/c1-14(15-10-6-5-7-11-15)16-12-8-9-13-17(16)18(21)20-19(2,3)4/h5-13H,1H2,2-4H3,(H,20,21). The molecule has 1 N–H and O–H groups in total. The largest absolute Gasteiger partial charge is 0.347 e. The Morgan fingerprint density at radius 2 is 1.43 bits per heavy atom. The molecular formula is C19H21NO. The van der Waals surface area contributed by atoms with Crippen LogP contribution in [0.4, 0.5) is 0 Å². The highest BCUT2D eigenvalue weighted by Crippen LogP contribution is 2.24. The Kier molecular flexibility index (Phi) is 4.27. The fourth-order valence-electron chi connectivity index (χ4n) is 2.15. The second kappa shape index (κ2) is 5.96. The molecule has 0 unspecified atom stereocenters. The molecule has 0 bridgehead atoms. The molecule has 2 aromatic rings. The lowest BCUT2D eigenvalue weighted by atomic mass is 9.94. The van der Waals surface area contributed by atoms with Gasteiger partial charge in [0.05, 0.1) is 0 Å². The van der Waals surface area contributed by atoms with E-state index in [2.05, 4.69) is 11.9 Å². The van der Waals surface area contributed by atoms with Crippen LogP contribution in [0.15, 0.2) is 61.2 Å². The number of hydrogen-bond donors (Lipinski definition) is 1. The van der Waals surface area contributed by atoms with Gasteiger partial charge in [0.25, 0.3) is 5.91 Å². The van der Waals surface area contributed by atoms with Crippen LogP contribution in [0.2, 0.25) is 0 Å². The lowest BCUT2D eigenvalue weighted by molar-refractivity contribution is 0.0919. The van der Waals surface area contributed by atoms with Crippen LogP contribution in [0.1, 0.15) is 42.3 Å². The molecule has 0 saturated carbocycles. The Balaban J connectivity index is 2.38. The molecule has 0 aliphatic heterocycles. The summed E-state index contributed by atoms with van der Waals surface area (Å²) < 4.78 is 0. The summed E-state index contributed by atoms with van der Waals surface area (Å²) in [6, 6.07) is 17.5. The lowest BCUT2D eigenvalue weighted by Gasteiger charge is -2.22. The first-order valence-corrected chi connectivity index (χ1v) is 7.05. The van der Waals surface area contributed by atoms with E-state index >= 15 is 0 Å². The summed E-state index contributed by atoms with van der Waals surface area (Å²) in [4.78, 5) is 12.5. The van der Waals surface area contributed by atoms with Crippen molar-refractivity contribution < 1.29 is 4.79 Å². The quantitative estimate of drug-likeness (QED) is 0.893. The van der Waals surface area contributed by atoms with Crippen molar-refractivity contribution in [3.8, 4) is 0 Å². The van der Waals surface area contributed by atoms with E-state index in [0.717, 1.165) is 16.7 Å². The van der Waals surface area contributed by atoms with Gasteiger partial charge < -0.3 is 5.32 Å². The minimum Gasteiger partial charge on any atom is -0.347 e. The molecule has 0 fully saturated rings. The van der Waals surface area contributed by atoms with Gasteiger partial charge in [0.1, 0.15) is 0 Å². The maximum absolute atomic E-state index is 12.5. The monoisotopic (exact) mass is 279 g/mol. The van der Waals surface area contributed by atoms with Crippen molar-refractivity contribution in [2.75, 3.05) is 0 Å². The van der Waals surface area contributed by atoms with Crippen LogP contribution in [0, 0.1) is 0 Å². The van der Waals surface area contributed by atoms with Crippen molar-refractivity contribution in [1.29, 1.82) is 0 Å². The van der Waals surface area contributed by atoms with Gasteiger partial charge in [0, 0.05) is 11.1 Å². The SMILES string of the molecule is C=C(c1ccccc1)c1ccccc1C(=O)NC(C)(C)C. The van der Waals surface area contributed by atoms with E-state index < -0.39 is 0 Å². The van der Waals surface area contributed by atoms with Crippen molar-refractivity contribution in [2.45, 2.75) is 26.3 Å². The zero-order chi connectivity index (χ0) is 15.5. The highest BCUT2D eigenvalue weighted by molar-refractivity contribution is 6.01. The summed E-state index contributed by atoms with van der Waals surface area (Å²) in [5.41, 5.74) is 3.13. The molecule has 0 spiro atoms. The molecular weight excluding hydrogens is 258 g/mol. The van der Waals surface area contributed by atoms with Gasteiger partial charge >= 0.3 is 0 Å². The lowest BCUT2D eigenvalue weighted by Crippen LogP contribution is -2.40. The minimum absolute atomic E-state index is 0.0739. The van der Waals surface area contributed by atoms with Gasteiger partial charge in [-0.2, -0.15) is 0 Å². The molecule has 0 heterocycles. The fourth-order valence-corrected chi connectivity index (χ4v) is 2.15. The predicted molar refractivity (Wildman–Crippen MR) is 88.2 cm³/mol. The molecule has 2 aromatic carbocycles. The number of amides is 1. The second-order valence-corrected chi connectivity index (χ2v) is 6.09.